The zero-order valence-corrected chi connectivity index (χ0v) is 11.2. The summed E-state index contributed by atoms with van der Waals surface area (Å²) in [4.78, 5) is 15.8. The van der Waals surface area contributed by atoms with Gasteiger partial charge in [-0.15, -0.1) is 0 Å². The topological polar surface area (TPSA) is 42.0 Å². The minimum Gasteiger partial charge on any atom is -0.352 e. The molecule has 1 aromatic heterocycles. The molecule has 0 saturated carbocycles. The number of aromatic nitrogens is 1. The number of aryl methyl sites for hydroxylation is 1. The number of carbonyl (C=O) groups is 1. The maximum atomic E-state index is 11.8. The van der Waals surface area contributed by atoms with Crippen LogP contribution in [-0.4, -0.2) is 17.4 Å². The fraction of sp³-hybridized carbons (Fsp3) is 0.538. The van der Waals surface area contributed by atoms with Crippen LogP contribution in [-0.2, 0) is 0 Å². The average Bonchev–Trinajstić information content (AvgIpc) is 2.28. The summed E-state index contributed by atoms with van der Waals surface area (Å²) >= 11 is 5.99. The first-order valence-corrected chi connectivity index (χ1v) is 6.43. The number of nitrogens with zero attached hydrogens (tertiary/aromatic N) is 1. The third-order valence-corrected chi connectivity index (χ3v) is 2.86. The molecule has 1 N–H and O–H groups in total. The number of hydrogen-bond donors (Lipinski definition) is 1. The molecule has 94 valence electrons. The van der Waals surface area contributed by atoms with Crippen molar-refractivity contribution in [2.24, 2.45) is 0 Å². The zero-order chi connectivity index (χ0) is 12.7. The van der Waals surface area contributed by atoms with Crippen molar-refractivity contribution in [1.29, 1.82) is 0 Å². The van der Waals surface area contributed by atoms with Crippen molar-refractivity contribution < 1.29 is 4.79 Å². The number of unbranched alkanes of at least 4 members (excludes halogenated alkanes) is 3. The maximum Gasteiger partial charge on any atom is 0.254 e. The van der Waals surface area contributed by atoms with Gasteiger partial charge in [0.15, 0.2) is 0 Å². The predicted molar refractivity (Wildman–Crippen MR) is 70.5 cm³/mol. The van der Waals surface area contributed by atoms with Crippen LogP contribution in [0.1, 0.15) is 48.7 Å². The molecule has 0 aliphatic heterocycles. The van der Waals surface area contributed by atoms with Crippen LogP contribution < -0.4 is 5.32 Å². The van der Waals surface area contributed by atoms with Crippen molar-refractivity contribution in [3.05, 3.63) is 28.5 Å². The van der Waals surface area contributed by atoms with Crippen molar-refractivity contribution in [2.75, 3.05) is 6.54 Å². The lowest BCUT2D eigenvalue weighted by molar-refractivity contribution is 0.0952. The van der Waals surface area contributed by atoms with Gasteiger partial charge >= 0.3 is 0 Å². The second kappa shape index (κ2) is 7.28. The lowest BCUT2D eigenvalue weighted by atomic mass is 10.2. The first kappa shape index (κ1) is 14.0. The Balaban J connectivity index is 2.42. The summed E-state index contributed by atoms with van der Waals surface area (Å²) in [7, 11) is 0. The summed E-state index contributed by atoms with van der Waals surface area (Å²) in [6.07, 6.45) is 6.09. The van der Waals surface area contributed by atoms with Crippen LogP contribution >= 0.6 is 11.6 Å². The summed E-state index contributed by atoms with van der Waals surface area (Å²) in [5, 5.41) is 3.32. The number of nitrogens with one attached hydrogen (secondary N) is 1. The minimum absolute atomic E-state index is 0.140. The predicted octanol–water partition coefficient (Wildman–Crippen LogP) is 3.35. The molecule has 0 saturated heterocycles. The van der Waals surface area contributed by atoms with Crippen LogP contribution in [0.4, 0.5) is 0 Å². The molecule has 0 aliphatic rings. The third kappa shape index (κ3) is 4.73. The number of rotatable bonds is 6. The Bertz CT molecular complexity index is 380. The van der Waals surface area contributed by atoms with E-state index in [1.165, 1.54) is 19.0 Å². The Morgan fingerprint density at radius 3 is 2.82 bits per heavy atom. The molecule has 0 atom stereocenters. The van der Waals surface area contributed by atoms with Gasteiger partial charge in [-0.25, -0.2) is 0 Å². The number of pyridine rings is 1. The second-order valence-electron chi connectivity index (χ2n) is 4.12. The molecule has 0 bridgehead atoms. The lowest BCUT2D eigenvalue weighted by Gasteiger charge is -2.06. The van der Waals surface area contributed by atoms with Crippen molar-refractivity contribution >= 4 is 17.5 Å². The molecule has 0 unspecified atom stereocenters. The second-order valence-corrected chi connectivity index (χ2v) is 4.53. The van der Waals surface area contributed by atoms with Crippen molar-refractivity contribution in [2.45, 2.75) is 39.5 Å². The SMILES string of the molecule is CCCCCCNC(=O)c1cnc(C)cc1Cl. The molecule has 4 heteroatoms. The van der Waals surface area contributed by atoms with Crippen LogP contribution in [0, 0.1) is 6.92 Å². The summed E-state index contributed by atoms with van der Waals surface area (Å²) in [6, 6.07) is 1.70. The van der Waals surface area contributed by atoms with E-state index in [1.807, 2.05) is 6.92 Å². The molecular weight excluding hydrogens is 236 g/mol. The summed E-state index contributed by atoms with van der Waals surface area (Å²) in [5.74, 6) is -0.140. The molecule has 0 aliphatic carbocycles. The molecule has 1 rings (SSSR count). The molecule has 0 spiro atoms. The average molecular weight is 255 g/mol. The molecule has 1 amide bonds. The van der Waals surface area contributed by atoms with E-state index in [0.717, 1.165) is 18.5 Å². The molecular formula is C13H19ClN2O. The van der Waals surface area contributed by atoms with Gasteiger partial charge in [-0.3, -0.25) is 9.78 Å². The van der Waals surface area contributed by atoms with E-state index < -0.39 is 0 Å². The van der Waals surface area contributed by atoms with E-state index in [1.54, 1.807) is 6.07 Å². The molecule has 17 heavy (non-hydrogen) atoms. The first-order valence-electron chi connectivity index (χ1n) is 6.05. The van der Waals surface area contributed by atoms with Gasteiger partial charge in [-0.1, -0.05) is 37.8 Å². The van der Waals surface area contributed by atoms with Crippen LogP contribution in [0.5, 0.6) is 0 Å². The Kier molecular flexibility index (Phi) is 5.98. The first-order chi connectivity index (χ1) is 8.15. The van der Waals surface area contributed by atoms with E-state index in [4.69, 9.17) is 11.6 Å². The molecule has 0 aromatic carbocycles. The Hall–Kier alpha value is -1.09. The molecule has 0 fully saturated rings. The molecule has 1 heterocycles. The minimum atomic E-state index is -0.140. The van der Waals surface area contributed by atoms with Crippen molar-refractivity contribution in [1.82, 2.24) is 10.3 Å². The maximum absolute atomic E-state index is 11.8. The summed E-state index contributed by atoms with van der Waals surface area (Å²) < 4.78 is 0. The van der Waals surface area contributed by atoms with Gasteiger partial charge in [0.05, 0.1) is 10.6 Å². The van der Waals surface area contributed by atoms with Gasteiger partial charge in [0.25, 0.3) is 5.91 Å². The quantitative estimate of drug-likeness (QED) is 0.791. The Labute approximate surface area is 108 Å². The summed E-state index contributed by atoms with van der Waals surface area (Å²) in [5.41, 5.74) is 1.27. The largest absolute Gasteiger partial charge is 0.352 e. The summed E-state index contributed by atoms with van der Waals surface area (Å²) in [6.45, 7) is 4.71. The highest BCUT2D eigenvalue weighted by Gasteiger charge is 2.09. The fourth-order valence-electron chi connectivity index (χ4n) is 1.54. The highest BCUT2D eigenvalue weighted by atomic mass is 35.5. The van der Waals surface area contributed by atoms with Gasteiger partial charge in [0, 0.05) is 18.4 Å². The van der Waals surface area contributed by atoms with Crippen molar-refractivity contribution in [3.8, 4) is 0 Å². The van der Waals surface area contributed by atoms with Gasteiger partial charge in [0.1, 0.15) is 0 Å². The van der Waals surface area contributed by atoms with E-state index >= 15 is 0 Å². The van der Waals surface area contributed by atoms with Gasteiger partial charge in [-0.05, 0) is 19.4 Å². The monoisotopic (exact) mass is 254 g/mol. The van der Waals surface area contributed by atoms with E-state index in [-0.39, 0.29) is 5.91 Å². The van der Waals surface area contributed by atoms with E-state index in [2.05, 4.69) is 17.2 Å². The molecule has 1 aromatic rings. The molecule has 0 radical (unpaired) electrons. The van der Waals surface area contributed by atoms with Gasteiger partial charge < -0.3 is 5.32 Å². The Morgan fingerprint density at radius 1 is 1.41 bits per heavy atom. The van der Waals surface area contributed by atoms with Crippen LogP contribution in [0.25, 0.3) is 0 Å². The smallest absolute Gasteiger partial charge is 0.254 e. The van der Waals surface area contributed by atoms with E-state index in [9.17, 15) is 4.79 Å². The standard InChI is InChI=1S/C13H19ClN2O/c1-3-4-5-6-7-15-13(17)11-9-16-10(2)8-12(11)14/h8-9H,3-7H2,1-2H3,(H,15,17). The van der Waals surface area contributed by atoms with Crippen LogP contribution in [0.2, 0.25) is 5.02 Å². The number of hydrogen-bond acceptors (Lipinski definition) is 2. The van der Waals surface area contributed by atoms with E-state index in [0.29, 0.717) is 17.1 Å². The van der Waals surface area contributed by atoms with Gasteiger partial charge in [-0.2, -0.15) is 0 Å². The lowest BCUT2D eigenvalue weighted by Crippen LogP contribution is -2.24. The van der Waals surface area contributed by atoms with Gasteiger partial charge in [0.2, 0.25) is 0 Å². The normalized spacial score (nSPS) is 10.3. The third-order valence-electron chi connectivity index (χ3n) is 2.55. The van der Waals surface area contributed by atoms with Crippen LogP contribution in [0.3, 0.4) is 0 Å². The highest BCUT2D eigenvalue weighted by Crippen LogP contribution is 2.15. The fourth-order valence-corrected chi connectivity index (χ4v) is 1.83. The highest BCUT2D eigenvalue weighted by molar-refractivity contribution is 6.33. The number of halogens is 1. The van der Waals surface area contributed by atoms with Crippen LogP contribution in [0.15, 0.2) is 12.3 Å². The van der Waals surface area contributed by atoms with Crippen molar-refractivity contribution in [3.63, 3.8) is 0 Å². The Morgan fingerprint density at radius 2 is 2.18 bits per heavy atom. The molecule has 3 nitrogen and oxygen atoms in total. The number of amides is 1. The number of carbonyl (C=O) groups excluding carboxylic acids is 1. The zero-order valence-electron chi connectivity index (χ0n) is 10.4.